The molecule has 2 atom stereocenters. The van der Waals surface area contributed by atoms with Crippen molar-refractivity contribution >= 4 is 15.8 Å². The Bertz CT molecular complexity index is 1400. The molecule has 0 aliphatic carbocycles. The number of aromatic nitrogens is 2. The fourth-order valence-corrected chi connectivity index (χ4v) is 5.98. The second-order valence-corrected chi connectivity index (χ2v) is 10.4. The number of amides is 2. The molecule has 14 heteroatoms. The number of hydrogen-bond donors (Lipinski definition) is 2. The van der Waals surface area contributed by atoms with Crippen LogP contribution in [0.2, 0.25) is 0 Å². The van der Waals surface area contributed by atoms with Gasteiger partial charge in [0, 0.05) is 34.0 Å². The first-order valence-corrected chi connectivity index (χ1v) is 12.0. The van der Waals surface area contributed by atoms with Gasteiger partial charge in [0.25, 0.3) is 5.89 Å². The van der Waals surface area contributed by atoms with Gasteiger partial charge in [-0.05, 0) is 35.4 Å². The zero-order valence-electron chi connectivity index (χ0n) is 17.8. The smallest absolute Gasteiger partial charge is 0.315 e. The molecule has 2 unspecified atom stereocenters. The van der Waals surface area contributed by atoms with Gasteiger partial charge in [-0.1, -0.05) is 12.1 Å². The number of alkyl halides is 2. The molecular weight excluding hydrogens is 497 g/mol. The van der Waals surface area contributed by atoms with Crippen LogP contribution in [-0.2, 0) is 21.7 Å². The number of carbonyl (C=O) groups excluding carboxylic acids is 1. The van der Waals surface area contributed by atoms with Crippen LogP contribution in [0.3, 0.4) is 0 Å². The average Bonchev–Trinajstić information content (AvgIpc) is 3.27. The van der Waals surface area contributed by atoms with Crippen LogP contribution < -0.4 is 5.73 Å². The monoisotopic (exact) mass is 515 g/mol. The van der Waals surface area contributed by atoms with Gasteiger partial charge < -0.3 is 15.1 Å². The number of carbonyl (C=O) groups is 1. The van der Waals surface area contributed by atoms with Crippen molar-refractivity contribution in [2.75, 3.05) is 18.1 Å². The molecule has 186 valence electrons. The summed E-state index contributed by atoms with van der Waals surface area (Å²) >= 11 is 0. The highest BCUT2D eigenvalue weighted by Gasteiger charge is 2.47. The lowest BCUT2D eigenvalue weighted by molar-refractivity contribution is 0.116. The quantitative estimate of drug-likeness (QED) is 0.498. The summed E-state index contributed by atoms with van der Waals surface area (Å²) in [6.07, 6.45) is -3.41. The maximum Gasteiger partial charge on any atom is 0.315 e. The minimum Gasteiger partial charge on any atom is -0.415 e. The summed E-state index contributed by atoms with van der Waals surface area (Å²) in [5.41, 5.74) is 3.72. The van der Waals surface area contributed by atoms with Crippen molar-refractivity contribution < 1.29 is 35.4 Å². The van der Waals surface area contributed by atoms with Crippen LogP contribution in [0.15, 0.2) is 40.8 Å². The first-order valence-electron chi connectivity index (χ1n) is 10.1. The van der Waals surface area contributed by atoms with Crippen LogP contribution in [0, 0.1) is 22.2 Å². The molecule has 1 aromatic heterocycles. The Morgan fingerprint density at radius 3 is 2.49 bits per heavy atom. The number of halogens is 5. The first-order chi connectivity index (χ1) is 16.4. The van der Waals surface area contributed by atoms with E-state index in [1.807, 2.05) is 0 Å². The molecule has 8 nitrogen and oxygen atoms in total. The molecule has 3 N–H and O–H groups in total. The maximum atomic E-state index is 15.2. The van der Waals surface area contributed by atoms with Crippen molar-refractivity contribution in [1.82, 2.24) is 15.1 Å². The molecular formula is C21H18F5N5O3S. The van der Waals surface area contributed by atoms with Crippen LogP contribution in [-0.4, -0.2) is 43.4 Å². The van der Waals surface area contributed by atoms with Crippen LogP contribution in [0.5, 0.6) is 0 Å². The Balaban J connectivity index is 1.81. The maximum absolute atomic E-state index is 15.2. The number of urea groups is 1. The van der Waals surface area contributed by atoms with Gasteiger partial charge in [0.15, 0.2) is 11.6 Å². The third kappa shape index (κ3) is 4.70. The third-order valence-corrected chi connectivity index (χ3v) is 7.55. The molecule has 1 aliphatic heterocycles. The van der Waals surface area contributed by atoms with E-state index in [1.165, 1.54) is 12.1 Å². The summed E-state index contributed by atoms with van der Waals surface area (Å²) < 4.78 is 94.2. The zero-order chi connectivity index (χ0) is 25.5. The van der Waals surface area contributed by atoms with Gasteiger partial charge in [-0.25, -0.2) is 22.2 Å². The molecule has 1 saturated heterocycles. The molecule has 2 aromatic carbocycles. The largest absolute Gasteiger partial charge is 0.415 e. The molecule has 0 saturated carbocycles. The lowest BCUT2D eigenvalue weighted by atomic mass is 9.83. The highest BCUT2D eigenvalue weighted by molar-refractivity contribution is 7.92. The molecule has 3 aromatic rings. The molecule has 0 radical (unpaired) electrons. The normalized spacial score (nSPS) is 22.5. The van der Waals surface area contributed by atoms with Crippen molar-refractivity contribution in [3.63, 3.8) is 0 Å². The standard InChI is InChI=1S/C21H18F5N5O3S/c22-14-4-3-13(8-16(14)24)21(10-35(28,33)6-5-31(21)20(27)32)9-12-2-1-11(7-15(12)23)18-29-30-19(34-18)17(25)26/h1-4,7-8,17,28H,5-6,9-10H2,(H2,27,32). The predicted octanol–water partition coefficient (Wildman–Crippen LogP) is 3.97. The molecule has 0 bridgehead atoms. The predicted molar refractivity (Wildman–Crippen MR) is 113 cm³/mol. The summed E-state index contributed by atoms with van der Waals surface area (Å²) in [6.45, 7) is -0.227. The average molecular weight is 515 g/mol. The van der Waals surface area contributed by atoms with Gasteiger partial charge in [0.05, 0.1) is 11.3 Å². The van der Waals surface area contributed by atoms with E-state index >= 15 is 4.39 Å². The van der Waals surface area contributed by atoms with Crippen molar-refractivity contribution in [2.45, 2.75) is 18.4 Å². The number of benzene rings is 2. The summed E-state index contributed by atoms with van der Waals surface area (Å²) in [7, 11) is -3.31. The van der Waals surface area contributed by atoms with E-state index in [-0.39, 0.29) is 34.9 Å². The molecule has 1 aliphatic rings. The Labute approximate surface area is 195 Å². The summed E-state index contributed by atoms with van der Waals surface area (Å²) in [5.74, 6) is -5.31. The summed E-state index contributed by atoms with van der Waals surface area (Å²) in [4.78, 5) is 13.4. The highest BCUT2D eigenvalue weighted by atomic mass is 32.2. The molecule has 2 heterocycles. The fourth-order valence-electron chi connectivity index (χ4n) is 4.16. The highest BCUT2D eigenvalue weighted by Crippen LogP contribution is 2.39. The lowest BCUT2D eigenvalue weighted by Crippen LogP contribution is -2.61. The minimum atomic E-state index is -3.31. The van der Waals surface area contributed by atoms with Gasteiger partial charge in [0.1, 0.15) is 5.82 Å². The second kappa shape index (κ2) is 8.91. The van der Waals surface area contributed by atoms with Gasteiger partial charge in [-0.3, -0.25) is 4.78 Å². The van der Waals surface area contributed by atoms with Crippen molar-refractivity contribution in [3.8, 4) is 11.5 Å². The van der Waals surface area contributed by atoms with Gasteiger partial charge in [0.2, 0.25) is 5.89 Å². The van der Waals surface area contributed by atoms with Gasteiger partial charge in [-0.2, -0.15) is 8.78 Å². The third-order valence-electron chi connectivity index (χ3n) is 5.77. The zero-order valence-corrected chi connectivity index (χ0v) is 18.6. The van der Waals surface area contributed by atoms with E-state index in [1.54, 1.807) is 0 Å². The van der Waals surface area contributed by atoms with E-state index < -0.39 is 63.2 Å². The van der Waals surface area contributed by atoms with Gasteiger partial charge >= 0.3 is 12.5 Å². The number of nitrogens with two attached hydrogens (primary N) is 1. The fraction of sp³-hybridized carbons (Fsp3) is 0.286. The SMILES string of the molecule is N=S1(=O)CCN(C(N)=O)C(Cc2ccc(-c3nnc(C(F)F)o3)cc2F)(c2ccc(F)c(F)c2)C1. The number of hydrogen-bond acceptors (Lipinski definition) is 6. The minimum absolute atomic E-state index is 0.00721. The number of primary amides is 1. The van der Waals surface area contributed by atoms with Crippen LogP contribution in [0.25, 0.3) is 11.5 Å². The van der Waals surface area contributed by atoms with Gasteiger partial charge in [-0.15, -0.1) is 10.2 Å². The second-order valence-electron chi connectivity index (χ2n) is 8.04. The van der Waals surface area contributed by atoms with E-state index in [0.717, 1.165) is 29.2 Å². The Hall–Kier alpha value is -3.55. The van der Waals surface area contributed by atoms with E-state index in [2.05, 4.69) is 10.2 Å². The summed E-state index contributed by atoms with van der Waals surface area (Å²) in [5, 5.41) is 6.64. The van der Waals surface area contributed by atoms with E-state index in [4.69, 9.17) is 14.9 Å². The van der Waals surface area contributed by atoms with Crippen LogP contribution in [0.1, 0.15) is 23.4 Å². The first kappa shape index (κ1) is 24.6. The molecule has 2 amide bonds. The molecule has 0 spiro atoms. The lowest BCUT2D eigenvalue weighted by Gasteiger charge is -2.47. The Morgan fingerprint density at radius 2 is 1.89 bits per heavy atom. The van der Waals surface area contributed by atoms with Crippen molar-refractivity contribution in [1.29, 1.82) is 4.78 Å². The van der Waals surface area contributed by atoms with E-state index in [0.29, 0.717) is 0 Å². The molecule has 35 heavy (non-hydrogen) atoms. The van der Waals surface area contributed by atoms with Crippen LogP contribution >= 0.6 is 0 Å². The number of rotatable bonds is 5. The Morgan fingerprint density at radius 1 is 1.14 bits per heavy atom. The van der Waals surface area contributed by atoms with Crippen molar-refractivity contribution in [2.24, 2.45) is 5.73 Å². The van der Waals surface area contributed by atoms with Crippen molar-refractivity contribution in [3.05, 3.63) is 70.9 Å². The molecule has 4 rings (SSSR count). The summed E-state index contributed by atoms with van der Waals surface area (Å²) in [6, 6.07) is 5.27. The molecule has 1 fully saturated rings. The number of nitrogens with zero attached hydrogens (tertiary/aromatic N) is 3. The Kier molecular flexibility index (Phi) is 6.25. The van der Waals surface area contributed by atoms with E-state index in [9.17, 15) is 26.6 Å². The van der Waals surface area contributed by atoms with Crippen LogP contribution in [0.4, 0.5) is 26.7 Å². The topological polar surface area (TPSA) is 126 Å². The number of nitrogens with one attached hydrogen (secondary N) is 1.